The largest absolute Gasteiger partial charge is 0.472 e. The molecule has 17 nitrogen and oxygen atoms in total. The van der Waals surface area contributed by atoms with Crippen molar-refractivity contribution in [3.05, 3.63) is 0 Å². The molecular formula is C62H120O17P2. The van der Waals surface area contributed by atoms with Crippen LogP contribution in [0.25, 0.3) is 0 Å². The number of aliphatic hydroxyl groups excluding tert-OH is 1. The van der Waals surface area contributed by atoms with E-state index in [4.69, 9.17) is 37.0 Å². The maximum absolute atomic E-state index is 13.0. The zero-order valence-electron chi connectivity index (χ0n) is 52.1. The second-order valence-electron chi connectivity index (χ2n) is 23.4. The Hall–Kier alpha value is -1.94. The van der Waals surface area contributed by atoms with Gasteiger partial charge in [0.1, 0.15) is 19.3 Å². The molecule has 0 amide bonds. The molecule has 81 heavy (non-hydrogen) atoms. The van der Waals surface area contributed by atoms with Crippen LogP contribution in [0.15, 0.2) is 0 Å². The van der Waals surface area contributed by atoms with Crippen LogP contribution in [0.5, 0.6) is 0 Å². The van der Waals surface area contributed by atoms with Crippen LogP contribution < -0.4 is 0 Å². The van der Waals surface area contributed by atoms with Gasteiger partial charge in [0.05, 0.1) is 26.4 Å². The Kier molecular flexibility index (Phi) is 53.4. The van der Waals surface area contributed by atoms with E-state index in [1.54, 1.807) is 0 Å². The monoisotopic (exact) mass is 1200 g/mol. The third-order valence-electron chi connectivity index (χ3n) is 14.2. The number of hydrogen-bond donors (Lipinski definition) is 3. The lowest BCUT2D eigenvalue weighted by molar-refractivity contribution is -0.161. The molecule has 0 aromatic rings. The van der Waals surface area contributed by atoms with Crippen molar-refractivity contribution in [3.8, 4) is 0 Å². The summed E-state index contributed by atoms with van der Waals surface area (Å²) in [5.74, 6) is -0.660. The van der Waals surface area contributed by atoms with E-state index in [0.717, 1.165) is 108 Å². The first-order valence-corrected chi connectivity index (χ1v) is 35.5. The topological polar surface area (TPSA) is 237 Å². The van der Waals surface area contributed by atoms with E-state index in [9.17, 15) is 43.2 Å². The summed E-state index contributed by atoms with van der Waals surface area (Å²) >= 11 is 0. The fourth-order valence-electron chi connectivity index (χ4n) is 9.18. The lowest BCUT2D eigenvalue weighted by Crippen LogP contribution is -2.30. The Balaban J connectivity index is 5.23. The van der Waals surface area contributed by atoms with Crippen molar-refractivity contribution in [1.29, 1.82) is 0 Å². The summed E-state index contributed by atoms with van der Waals surface area (Å²) in [6.45, 7) is 9.39. The van der Waals surface area contributed by atoms with Crippen molar-refractivity contribution in [2.24, 2.45) is 11.8 Å². The first-order chi connectivity index (χ1) is 38.9. The SMILES string of the molecule is CCCCCCCCCCCC(=O)O[C@H](COC(=O)CCCCCCCCCC)COP(=O)(O)OC[C@H](O)COP(=O)(O)OC[C@@H](COC(=O)CCCCCCCCCCCC(C)C)OC(=O)CCCCCCCCCCCC(C)C. The Morgan fingerprint density at radius 2 is 0.568 bits per heavy atom. The van der Waals surface area contributed by atoms with Crippen LogP contribution in [0.3, 0.4) is 0 Å². The number of carbonyl (C=O) groups excluding carboxylic acids is 4. The molecule has 0 bridgehead atoms. The molecule has 0 aromatic carbocycles. The molecule has 0 heterocycles. The lowest BCUT2D eigenvalue weighted by Gasteiger charge is -2.21. The quantitative estimate of drug-likeness (QED) is 0.0222. The van der Waals surface area contributed by atoms with Crippen molar-refractivity contribution in [3.63, 3.8) is 0 Å². The number of ether oxygens (including phenoxy) is 4. The molecule has 480 valence electrons. The highest BCUT2D eigenvalue weighted by molar-refractivity contribution is 7.47. The average Bonchev–Trinajstić information content (AvgIpc) is 3.42. The smallest absolute Gasteiger partial charge is 0.462 e. The predicted molar refractivity (Wildman–Crippen MR) is 321 cm³/mol. The number of esters is 4. The van der Waals surface area contributed by atoms with Gasteiger partial charge in [0, 0.05) is 25.7 Å². The Morgan fingerprint density at radius 3 is 0.840 bits per heavy atom. The van der Waals surface area contributed by atoms with Crippen molar-refractivity contribution in [2.45, 2.75) is 323 Å². The molecule has 5 atom stereocenters. The van der Waals surface area contributed by atoms with E-state index in [2.05, 4.69) is 41.5 Å². The number of carbonyl (C=O) groups is 4. The fourth-order valence-corrected chi connectivity index (χ4v) is 10.8. The first kappa shape index (κ1) is 79.1. The first-order valence-electron chi connectivity index (χ1n) is 32.5. The minimum Gasteiger partial charge on any atom is -0.462 e. The van der Waals surface area contributed by atoms with Gasteiger partial charge in [-0.3, -0.25) is 37.3 Å². The highest BCUT2D eigenvalue weighted by Crippen LogP contribution is 2.45. The highest BCUT2D eigenvalue weighted by atomic mass is 31.2. The fraction of sp³-hybridized carbons (Fsp3) is 0.935. The summed E-state index contributed by atoms with van der Waals surface area (Å²) in [6.07, 6.45) is 36.2. The lowest BCUT2D eigenvalue weighted by atomic mass is 10.0. The maximum atomic E-state index is 13.0. The van der Waals surface area contributed by atoms with Gasteiger partial charge in [-0.1, -0.05) is 253 Å². The van der Waals surface area contributed by atoms with Gasteiger partial charge in [-0.15, -0.1) is 0 Å². The van der Waals surface area contributed by atoms with Crippen LogP contribution in [-0.4, -0.2) is 96.7 Å². The molecule has 0 saturated heterocycles. The van der Waals surface area contributed by atoms with Crippen molar-refractivity contribution in [2.75, 3.05) is 39.6 Å². The van der Waals surface area contributed by atoms with Crippen LogP contribution in [0.4, 0.5) is 0 Å². The molecule has 0 spiro atoms. The number of phosphoric acid groups is 2. The molecule has 0 aromatic heterocycles. The summed E-state index contributed by atoms with van der Waals surface area (Å²) in [7, 11) is -9.88. The molecule has 2 unspecified atom stereocenters. The number of phosphoric ester groups is 2. The number of hydrogen-bond acceptors (Lipinski definition) is 15. The standard InChI is InChI=1S/C62H120O17P2/c1-7-9-11-13-15-19-28-34-40-46-61(66)78-57(50-72-59(64)44-38-32-26-16-14-12-10-8-2)52-76-80(68,69)74-48-56(63)49-75-81(70,71)77-53-58(79-62(67)47-41-35-29-23-18-21-25-31-37-43-55(5)6)51-73-60(65)45-39-33-27-22-17-20-24-30-36-42-54(3)4/h54-58,63H,7-53H2,1-6H3,(H,68,69)(H,70,71)/t56-,57+,58+/m0/s1. The van der Waals surface area contributed by atoms with Gasteiger partial charge >= 0.3 is 39.5 Å². The minimum atomic E-state index is -4.94. The summed E-state index contributed by atoms with van der Waals surface area (Å²) in [5.41, 5.74) is 0. The molecule has 0 aliphatic rings. The van der Waals surface area contributed by atoms with Crippen LogP contribution >= 0.6 is 15.6 Å². The van der Waals surface area contributed by atoms with Gasteiger partial charge in [0.2, 0.25) is 0 Å². The average molecular weight is 1200 g/mol. The number of unbranched alkanes of at least 4 members (excludes halogenated alkanes) is 31. The number of rotatable bonds is 61. The Morgan fingerprint density at radius 1 is 0.333 bits per heavy atom. The van der Waals surface area contributed by atoms with E-state index in [1.165, 1.54) is 116 Å². The number of aliphatic hydroxyl groups is 1. The summed E-state index contributed by atoms with van der Waals surface area (Å²) < 4.78 is 67.8. The molecule has 3 N–H and O–H groups in total. The summed E-state index contributed by atoms with van der Waals surface area (Å²) in [6, 6.07) is 0. The van der Waals surface area contributed by atoms with E-state index >= 15 is 0 Å². The zero-order chi connectivity index (χ0) is 60.1. The molecule has 0 fully saturated rings. The predicted octanol–water partition coefficient (Wildman–Crippen LogP) is 16.9. The second-order valence-corrected chi connectivity index (χ2v) is 26.3. The van der Waals surface area contributed by atoms with Crippen molar-refractivity contribution in [1.82, 2.24) is 0 Å². The molecule has 0 saturated carbocycles. The molecule has 0 aliphatic carbocycles. The van der Waals surface area contributed by atoms with E-state index in [-0.39, 0.29) is 25.7 Å². The Bertz CT molecular complexity index is 1600. The molecular weight excluding hydrogens is 1080 g/mol. The maximum Gasteiger partial charge on any atom is 0.472 e. The van der Waals surface area contributed by atoms with Crippen LogP contribution in [-0.2, 0) is 65.4 Å². The van der Waals surface area contributed by atoms with Gasteiger partial charge in [-0.2, -0.15) is 0 Å². The third kappa shape index (κ3) is 56.9. The molecule has 19 heteroatoms. The second kappa shape index (κ2) is 54.7. The van der Waals surface area contributed by atoms with E-state index < -0.39 is 97.5 Å². The zero-order valence-corrected chi connectivity index (χ0v) is 53.9. The molecule has 0 aliphatic heterocycles. The van der Waals surface area contributed by atoms with Gasteiger partial charge in [0.25, 0.3) is 0 Å². The highest BCUT2D eigenvalue weighted by Gasteiger charge is 2.30. The van der Waals surface area contributed by atoms with Crippen LogP contribution in [0.1, 0.15) is 305 Å². The van der Waals surface area contributed by atoms with Gasteiger partial charge in [-0.05, 0) is 37.5 Å². The van der Waals surface area contributed by atoms with Gasteiger partial charge < -0.3 is 33.8 Å². The molecule has 0 rings (SSSR count). The van der Waals surface area contributed by atoms with E-state index in [1.807, 2.05) is 0 Å². The summed E-state index contributed by atoms with van der Waals surface area (Å²) in [5, 5.41) is 10.5. The van der Waals surface area contributed by atoms with Crippen molar-refractivity contribution < 1.29 is 80.2 Å². The third-order valence-corrected chi connectivity index (χ3v) is 16.1. The minimum absolute atomic E-state index is 0.105. The normalized spacial score (nSPS) is 14.4. The van der Waals surface area contributed by atoms with Crippen molar-refractivity contribution >= 4 is 39.5 Å². The van der Waals surface area contributed by atoms with Gasteiger partial charge in [-0.25, -0.2) is 9.13 Å². The van der Waals surface area contributed by atoms with E-state index in [0.29, 0.717) is 25.7 Å². The molecule has 0 radical (unpaired) electrons. The van der Waals surface area contributed by atoms with Gasteiger partial charge in [0.15, 0.2) is 12.2 Å². The summed E-state index contributed by atoms with van der Waals surface area (Å²) in [4.78, 5) is 72.0. The van der Waals surface area contributed by atoms with Crippen LogP contribution in [0.2, 0.25) is 0 Å². The van der Waals surface area contributed by atoms with Crippen LogP contribution in [0, 0.1) is 11.8 Å². The Labute approximate surface area is 492 Å².